The molecule has 2 aromatic carbocycles. The second kappa shape index (κ2) is 10.1. The summed E-state index contributed by atoms with van der Waals surface area (Å²) in [7, 11) is 0. The summed E-state index contributed by atoms with van der Waals surface area (Å²) in [4.78, 5) is 10.6. The molecule has 0 bridgehead atoms. The molecule has 29 heavy (non-hydrogen) atoms. The average Bonchev–Trinajstić information content (AvgIpc) is 2.66. The van der Waals surface area contributed by atoms with Crippen LogP contribution in [0.3, 0.4) is 0 Å². The predicted molar refractivity (Wildman–Crippen MR) is 100 cm³/mol. The first-order chi connectivity index (χ1) is 13.6. The highest BCUT2D eigenvalue weighted by molar-refractivity contribution is 7.99. The van der Waals surface area contributed by atoms with Crippen molar-refractivity contribution in [1.29, 1.82) is 0 Å². The van der Waals surface area contributed by atoms with Gasteiger partial charge in [-0.25, -0.2) is 13.6 Å². The van der Waals surface area contributed by atoms with Crippen molar-refractivity contribution in [2.75, 3.05) is 13.1 Å². The number of hydrogen-bond donors (Lipinski definition) is 2. The topological polar surface area (TPSA) is 49.3 Å². The van der Waals surface area contributed by atoms with E-state index in [4.69, 9.17) is 9.90 Å². The number of alkyl halides is 3. The van der Waals surface area contributed by atoms with Gasteiger partial charge in [0.15, 0.2) is 0 Å². The second-order valence-corrected chi connectivity index (χ2v) is 7.53. The largest absolute Gasteiger partial charge is 0.490 e. The van der Waals surface area contributed by atoms with Crippen LogP contribution < -0.4 is 5.32 Å². The number of nitrogens with one attached hydrogen (secondary N) is 1. The van der Waals surface area contributed by atoms with Gasteiger partial charge >= 0.3 is 12.1 Å². The molecule has 9 heteroatoms. The van der Waals surface area contributed by atoms with Crippen LogP contribution in [0.4, 0.5) is 22.0 Å². The monoisotopic (exact) mass is 433 g/mol. The molecule has 1 aliphatic heterocycles. The summed E-state index contributed by atoms with van der Waals surface area (Å²) in [6.07, 6.45) is -3.20. The van der Waals surface area contributed by atoms with Crippen LogP contribution in [-0.2, 0) is 4.79 Å². The van der Waals surface area contributed by atoms with E-state index < -0.39 is 12.1 Å². The van der Waals surface area contributed by atoms with Crippen molar-refractivity contribution >= 4 is 17.7 Å². The Hall–Kier alpha value is -2.13. The molecule has 1 saturated heterocycles. The zero-order valence-corrected chi connectivity index (χ0v) is 16.3. The fourth-order valence-corrected chi connectivity index (χ4v) is 4.08. The van der Waals surface area contributed by atoms with Crippen LogP contribution >= 0.6 is 11.8 Å². The first kappa shape index (κ1) is 23.2. The third-order valence-corrected chi connectivity index (χ3v) is 5.68. The average molecular weight is 433 g/mol. The fraction of sp³-hybridized carbons (Fsp3) is 0.350. The smallest absolute Gasteiger partial charge is 0.475 e. The number of carboxylic acids is 1. The normalized spacial score (nSPS) is 14.8. The Labute approximate surface area is 169 Å². The molecule has 1 fully saturated rings. The van der Waals surface area contributed by atoms with Crippen LogP contribution in [0.25, 0.3) is 0 Å². The summed E-state index contributed by atoms with van der Waals surface area (Å²) < 4.78 is 59.9. The van der Waals surface area contributed by atoms with E-state index >= 15 is 0 Å². The van der Waals surface area contributed by atoms with Gasteiger partial charge in [0.1, 0.15) is 11.6 Å². The van der Waals surface area contributed by atoms with Crippen LogP contribution in [0.2, 0.25) is 0 Å². The van der Waals surface area contributed by atoms with Crippen LogP contribution in [0, 0.1) is 18.6 Å². The Kier molecular flexibility index (Phi) is 8.04. The molecule has 0 unspecified atom stereocenters. The van der Waals surface area contributed by atoms with E-state index in [0.717, 1.165) is 41.3 Å². The predicted octanol–water partition coefficient (Wildman–Crippen LogP) is 5.52. The molecule has 0 aliphatic carbocycles. The Balaban J connectivity index is 0.000000370. The van der Waals surface area contributed by atoms with Gasteiger partial charge < -0.3 is 10.4 Å². The number of rotatable bonds is 3. The summed E-state index contributed by atoms with van der Waals surface area (Å²) in [5, 5.41) is 10.4. The molecular formula is C20H20F5NO2S. The fourth-order valence-electron chi connectivity index (χ4n) is 2.93. The Bertz CT molecular complexity index is 851. The van der Waals surface area contributed by atoms with E-state index in [9.17, 15) is 22.0 Å². The van der Waals surface area contributed by atoms with E-state index in [-0.39, 0.29) is 17.6 Å². The third-order valence-electron chi connectivity index (χ3n) is 4.44. The molecule has 0 spiro atoms. The highest BCUT2D eigenvalue weighted by atomic mass is 32.2. The van der Waals surface area contributed by atoms with Crippen LogP contribution in [0.15, 0.2) is 46.2 Å². The number of hydrogen-bond acceptors (Lipinski definition) is 3. The summed E-state index contributed by atoms with van der Waals surface area (Å²) in [5.41, 5.74) is 1.41. The lowest BCUT2D eigenvalue weighted by Crippen LogP contribution is -2.27. The molecule has 1 heterocycles. The number of benzene rings is 2. The third kappa shape index (κ3) is 6.43. The quantitative estimate of drug-likeness (QED) is 0.626. The zero-order valence-electron chi connectivity index (χ0n) is 15.5. The maximum Gasteiger partial charge on any atom is 0.490 e. The molecule has 0 saturated carbocycles. The summed E-state index contributed by atoms with van der Waals surface area (Å²) in [6, 6.07) is 10.2. The number of carbonyl (C=O) groups is 1. The molecule has 3 rings (SSSR count). The van der Waals surface area contributed by atoms with Gasteiger partial charge in [-0.1, -0.05) is 23.9 Å². The van der Waals surface area contributed by atoms with E-state index in [1.807, 2.05) is 12.1 Å². The van der Waals surface area contributed by atoms with E-state index in [0.29, 0.717) is 5.56 Å². The van der Waals surface area contributed by atoms with Crippen molar-refractivity contribution in [2.24, 2.45) is 0 Å². The molecule has 0 radical (unpaired) electrons. The number of aliphatic carboxylic acids is 1. The highest BCUT2D eigenvalue weighted by Gasteiger charge is 2.38. The van der Waals surface area contributed by atoms with E-state index in [1.54, 1.807) is 19.1 Å². The van der Waals surface area contributed by atoms with Crippen molar-refractivity contribution in [1.82, 2.24) is 5.32 Å². The number of halogens is 5. The van der Waals surface area contributed by atoms with Crippen LogP contribution in [0.1, 0.15) is 29.9 Å². The standard InChI is InChI=1S/C18H19F2NS.C2HF3O2/c1-12-14(19)4-2-6-16(12)22-17-7-3-5-15(20)18(17)13-8-10-21-11-9-13;3-2(4,5)1(6)7/h2-7,13,21H,8-11H2,1H3;(H,6,7). The van der Waals surface area contributed by atoms with Crippen molar-refractivity contribution < 1.29 is 31.9 Å². The molecule has 0 atom stereocenters. The van der Waals surface area contributed by atoms with Crippen molar-refractivity contribution in [2.45, 2.75) is 41.7 Å². The second-order valence-electron chi connectivity index (χ2n) is 6.44. The highest BCUT2D eigenvalue weighted by Crippen LogP contribution is 2.39. The van der Waals surface area contributed by atoms with Gasteiger partial charge in [-0.15, -0.1) is 0 Å². The van der Waals surface area contributed by atoms with Gasteiger partial charge in [0.2, 0.25) is 0 Å². The minimum Gasteiger partial charge on any atom is -0.475 e. The summed E-state index contributed by atoms with van der Waals surface area (Å²) in [6.45, 7) is 3.60. The summed E-state index contributed by atoms with van der Waals surface area (Å²) in [5.74, 6) is -2.89. The SMILES string of the molecule is Cc1c(F)cccc1Sc1cccc(F)c1C1CCNCC1.O=C(O)C(F)(F)F. The van der Waals surface area contributed by atoms with Crippen LogP contribution in [-0.4, -0.2) is 30.3 Å². The lowest BCUT2D eigenvalue weighted by Gasteiger charge is -2.25. The van der Waals surface area contributed by atoms with Gasteiger partial charge in [-0.3, -0.25) is 0 Å². The first-order valence-electron chi connectivity index (χ1n) is 8.83. The lowest BCUT2D eigenvalue weighted by atomic mass is 9.90. The van der Waals surface area contributed by atoms with E-state index in [2.05, 4.69) is 5.32 Å². The molecule has 1 aliphatic rings. The van der Waals surface area contributed by atoms with E-state index in [1.165, 1.54) is 23.9 Å². The molecule has 0 aromatic heterocycles. The van der Waals surface area contributed by atoms with Gasteiger partial charge in [-0.05, 0) is 68.6 Å². The van der Waals surface area contributed by atoms with Gasteiger partial charge in [-0.2, -0.15) is 13.2 Å². The lowest BCUT2D eigenvalue weighted by molar-refractivity contribution is -0.192. The Morgan fingerprint density at radius 3 is 2.10 bits per heavy atom. The maximum atomic E-state index is 14.4. The maximum absolute atomic E-state index is 14.4. The first-order valence-corrected chi connectivity index (χ1v) is 9.65. The zero-order chi connectivity index (χ0) is 21.6. The molecule has 158 valence electrons. The van der Waals surface area contributed by atoms with Crippen molar-refractivity contribution in [3.8, 4) is 0 Å². The minimum atomic E-state index is -5.08. The molecule has 2 N–H and O–H groups in total. The molecule has 0 amide bonds. The number of piperidine rings is 1. The van der Waals surface area contributed by atoms with Gasteiger partial charge in [0, 0.05) is 15.4 Å². The number of carboxylic acid groups (broad SMARTS) is 1. The van der Waals surface area contributed by atoms with Crippen LogP contribution in [0.5, 0.6) is 0 Å². The Morgan fingerprint density at radius 1 is 1.03 bits per heavy atom. The molecular weight excluding hydrogens is 413 g/mol. The summed E-state index contributed by atoms with van der Waals surface area (Å²) >= 11 is 1.46. The van der Waals surface area contributed by atoms with Gasteiger partial charge in [0.05, 0.1) is 0 Å². The molecule has 3 nitrogen and oxygen atoms in total. The van der Waals surface area contributed by atoms with Gasteiger partial charge in [0.25, 0.3) is 0 Å². The minimum absolute atomic E-state index is 0.147. The van der Waals surface area contributed by atoms with Crippen molar-refractivity contribution in [3.05, 3.63) is 59.2 Å². The van der Waals surface area contributed by atoms with Crippen molar-refractivity contribution in [3.63, 3.8) is 0 Å². The Morgan fingerprint density at radius 2 is 1.55 bits per heavy atom. The molecule has 2 aromatic rings.